The molecule has 2 N–H and O–H groups in total. The van der Waals surface area contributed by atoms with Crippen LogP contribution in [0.1, 0.15) is 50.2 Å². The molecule has 6 nitrogen and oxygen atoms in total. The molecule has 4 rings (SSSR count). The number of pyridine rings is 1. The second-order valence-corrected chi connectivity index (χ2v) is 8.37. The van der Waals surface area contributed by atoms with Gasteiger partial charge in [-0.25, -0.2) is 4.98 Å². The normalized spacial score (nSPS) is 19.2. The molecule has 2 aromatic heterocycles. The number of allylic oxidation sites excluding steroid dienone is 2. The molecule has 1 aliphatic carbocycles. The van der Waals surface area contributed by atoms with Gasteiger partial charge in [0, 0.05) is 41.3 Å². The minimum absolute atomic E-state index is 0.103. The van der Waals surface area contributed by atoms with Gasteiger partial charge in [-0.1, -0.05) is 25.6 Å². The number of Topliss-reactive ketones (excluding diaryl/α,β-unsaturated/α-hetero) is 1. The Morgan fingerprint density at radius 2 is 1.96 bits per heavy atom. The van der Waals surface area contributed by atoms with Gasteiger partial charge in [0.05, 0.1) is 5.56 Å². The van der Waals surface area contributed by atoms with Crippen molar-refractivity contribution in [3.8, 4) is 0 Å². The number of nitrogens with zero attached hydrogens (tertiary/aromatic N) is 2. The lowest BCUT2D eigenvalue weighted by Crippen LogP contribution is -2.32. The Balaban J connectivity index is 1.92. The average molecular weight is 368 g/mol. The summed E-state index contributed by atoms with van der Waals surface area (Å²) in [6, 6.07) is 3.73. The van der Waals surface area contributed by atoms with Crippen molar-refractivity contribution in [3.05, 3.63) is 57.3 Å². The van der Waals surface area contributed by atoms with E-state index >= 15 is 0 Å². The molecule has 1 atom stereocenters. The van der Waals surface area contributed by atoms with E-state index in [1.807, 2.05) is 12.1 Å². The van der Waals surface area contributed by atoms with E-state index in [1.165, 1.54) is 11.8 Å². The predicted octanol–water partition coefficient (Wildman–Crippen LogP) is 3.23. The van der Waals surface area contributed by atoms with E-state index in [0.717, 1.165) is 24.1 Å². The van der Waals surface area contributed by atoms with E-state index in [4.69, 9.17) is 0 Å². The van der Waals surface area contributed by atoms with Crippen molar-refractivity contribution in [1.82, 2.24) is 15.0 Å². The van der Waals surface area contributed by atoms with E-state index in [1.54, 1.807) is 12.4 Å². The fourth-order valence-electron chi connectivity index (χ4n) is 3.61. The average Bonchev–Trinajstić information content (AvgIpc) is 2.60. The minimum atomic E-state index is -0.397. The van der Waals surface area contributed by atoms with Gasteiger partial charge in [0.15, 0.2) is 10.9 Å². The zero-order valence-electron chi connectivity index (χ0n) is 14.7. The van der Waals surface area contributed by atoms with E-state index in [9.17, 15) is 9.59 Å². The lowest BCUT2D eigenvalue weighted by atomic mass is 9.77. The summed E-state index contributed by atoms with van der Waals surface area (Å²) in [6.45, 7) is 4.11. The van der Waals surface area contributed by atoms with Crippen molar-refractivity contribution in [3.63, 3.8) is 0 Å². The maximum atomic E-state index is 12.9. The summed E-state index contributed by atoms with van der Waals surface area (Å²) in [5, 5.41) is 4.18. The first kappa shape index (κ1) is 17.0. The van der Waals surface area contributed by atoms with Crippen molar-refractivity contribution in [1.29, 1.82) is 0 Å². The van der Waals surface area contributed by atoms with Crippen LogP contribution in [0.2, 0.25) is 0 Å². The van der Waals surface area contributed by atoms with Crippen LogP contribution in [0.25, 0.3) is 0 Å². The highest BCUT2D eigenvalue weighted by Gasteiger charge is 2.37. The van der Waals surface area contributed by atoms with Crippen LogP contribution in [0, 0.1) is 0 Å². The second kappa shape index (κ2) is 6.72. The van der Waals surface area contributed by atoms with Crippen molar-refractivity contribution >= 4 is 23.4 Å². The quantitative estimate of drug-likeness (QED) is 0.639. The molecule has 1 aliphatic heterocycles. The van der Waals surface area contributed by atoms with Crippen LogP contribution >= 0.6 is 11.8 Å². The number of hydrogen-bond acceptors (Lipinski definition) is 6. The smallest absolute Gasteiger partial charge is 0.257 e. The molecule has 2 aliphatic rings. The summed E-state index contributed by atoms with van der Waals surface area (Å²) in [4.78, 5) is 37.2. The number of H-pyrrole nitrogens is 1. The van der Waals surface area contributed by atoms with E-state index < -0.39 is 5.92 Å². The van der Waals surface area contributed by atoms with Gasteiger partial charge in [-0.05, 0) is 30.5 Å². The van der Waals surface area contributed by atoms with Gasteiger partial charge < -0.3 is 10.3 Å². The number of fused-ring (bicyclic) bond motifs is 1. The molecule has 1 unspecified atom stereocenters. The number of ketones is 1. The molecule has 0 saturated carbocycles. The SMILES string of the molecule is CC(C)Sc1nc2c(c(=O)[nH]1)C(c1ccncc1)C1=C(CCCC1=O)N2. The van der Waals surface area contributed by atoms with Gasteiger partial charge in [0.1, 0.15) is 5.82 Å². The first-order chi connectivity index (χ1) is 12.5. The van der Waals surface area contributed by atoms with Gasteiger partial charge in [0.2, 0.25) is 0 Å². The van der Waals surface area contributed by atoms with Crippen molar-refractivity contribution in [2.45, 2.75) is 49.4 Å². The fraction of sp³-hybridized carbons (Fsp3) is 0.368. The topological polar surface area (TPSA) is 87.7 Å². The number of nitrogens with one attached hydrogen (secondary N) is 2. The molecule has 0 radical (unpaired) electrons. The third-order valence-corrected chi connectivity index (χ3v) is 5.51. The Hall–Kier alpha value is -2.41. The fourth-order valence-corrected chi connectivity index (χ4v) is 4.35. The Bertz CT molecular complexity index is 950. The zero-order chi connectivity index (χ0) is 18.3. The zero-order valence-corrected chi connectivity index (χ0v) is 15.5. The molecular formula is C19H20N4O2S. The van der Waals surface area contributed by atoms with Crippen LogP contribution in [0.3, 0.4) is 0 Å². The summed E-state index contributed by atoms with van der Waals surface area (Å²) in [5.74, 6) is 0.268. The lowest BCUT2D eigenvalue weighted by molar-refractivity contribution is -0.116. The van der Waals surface area contributed by atoms with Crippen molar-refractivity contribution in [2.75, 3.05) is 5.32 Å². The summed E-state index contributed by atoms with van der Waals surface area (Å²) >= 11 is 1.51. The van der Waals surface area contributed by atoms with E-state index in [2.05, 4.69) is 34.1 Å². The maximum Gasteiger partial charge on any atom is 0.257 e. The monoisotopic (exact) mass is 368 g/mol. The van der Waals surface area contributed by atoms with Crippen LogP contribution in [0.4, 0.5) is 5.82 Å². The summed E-state index contributed by atoms with van der Waals surface area (Å²) < 4.78 is 0. The molecule has 134 valence electrons. The third kappa shape index (κ3) is 2.96. The molecule has 26 heavy (non-hydrogen) atoms. The van der Waals surface area contributed by atoms with Crippen LogP contribution in [0.5, 0.6) is 0 Å². The largest absolute Gasteiger partial charge is 0.343 e. The Labute approximate surface area is 155 Å². The Kier molecular flexibility index (Phi) is 4.40. The van der Waals surface area contributed by atoms with Crippen LogP contribution in [0.15, 0.2) is 45.7 Å². The number of carbonyl (C=O) groups excluding carboxylic acids is 1. The Morgan fingerprint density at radius 1 is 1.19 bits per heavy atom. The highest BCUT2D eigenvalue weighted by atomic mass is 32.2. The number of aromatic amines is 1. The molecule has 0 saturated heterocycles. The first-order valence-electron chi connectivity index (χ1n) is 8.78. The Morgan fingerprint density at radius 3 is 2.69 bits per heavy atom. The van der Waals surface area contributed by atoms with E-state index in [-0.39, 0.29) is 11.3 Å². The van der Waals surface area contributed by atoms with Crippen LogP contribution < -0.4 is 10.9 Å². The number of thioether (sulfide) groups is 1. The number of anilines is 1. The van der Waals surface area contributed by atoms with E-state index in [0.29, 0.717) is 33.8 Å². The highest BCUT2D eigenvalue weighted by Crippen LogP contribution is 2.43. The van der Waals surface area contributed by atoms with Crippen molar-refractivity contribution in [2.24, 2.45) is 0 Å². The van der Waals surface area contributed by atoms with Gasteiger partial charge in [-0.2, -0.15) is 0 Å². The summed E-state index contributed by atoms with van der Waals surface area (Å²) in [7, 11) is 0. The third-order valence-electron chi connectivity index (χ3n) is 4.62. The standard InChI is InChI=1S/C19H20N4O2S/c1-10(2)26-19-22-17-16(18(25)23-19)14(11-6-8-20-9-7-11)15-12(21-17)4-3-5-13(15)24/h6-10,14H,3-5H2,1-2H3,(H2,21,22,23,25). The number of aromatic nitrogens is 3. The first-order valence-corrected chi connectivity index (χ1v) is 9.66. The van der Waals surface area contributed by atoms with Crippen molar-refractivity contribution < 1.29 is 4.79 Å². The molecule has 2 aromatic rings. The molecule has 0 fully saturated rings. The predicted molar refractivity (Wildman–Crippen MR) is 101 cm³/mol. The lowest BCUT2D eigenvalue weighted by Gasteiger charge is -2.32. The van der Waals surface area contributed by atoms with Gasteiger partial charge >= 0.3 is 0 Å². The summed E-state index contributed by atoms with van der Waals surface area (Å²) in [5.41, 5.74) is 2.80. The van der Waals surface area contributed by atoms with Gasteiger partial charge in [0.25, 0.3) is 5.56 Å². The molecule has 0 bridgehead atoms. The minimum Gasteiger partial charge on any atom is -0.343 e. The molecule has 3 heterocycles. The molecular weight excluding hydrogens is 348 g/mol. The maximum absolute atomic E-state index is 12.9. The molecule has 0 amide bonds. The second-order valence-electron chi connectivity index (χ2n) is 6.81. The summed E-state index contributed by atoms with van der Waals surface area (Å²) in [6.07, 6.45) is 5.51. The molecule has 0 spiro atoms. The van der Waals surface area contributed by atoms with Gasteiger partial charge in [-0.3, -0.25) is 14.6 Å². The highest BCUT2D eigenvalue weighted by molar-refractivity contribution is 7.99. The number of rotatable bonds is 3. The van der Waals surface area contributed by atoms with Crippen LogP contribution in [-0.2, 0) is 4.79 Å². The molecule has 7 heteroatoms. The number of hydrogen-bond donors (Lipinski definition) is 2. The molecule has 0 aromatic carbocycles. The van der Waals surface area contributed by atoms with Gasteiger partial charge in [-0.15, -0.1) is 0 Å². The van der Waals surface area contributed by atoms with Crippen LogP contribution in [-0.4, -0.2) is 26.0 Å². The number of carbonyl (C=O) groups is 1.